The number of hydrogen-bond donors (Lipinski definition) is 2. The van der Waals surface area contributed by atoms with Crippen molar-refractivity contribution in [1.82, 2.24) is 25.0 Å². The number of anilines is 1. The van der Waals surface area contributed by atoms with Gasteiger partial charge < -0.3 is 19.9 Å². The SMILES string of the molecule is CCO[C@@H]1C2ONC[C@]1(COC)OC2n1cnc2c(N)ncnc21. The Hall–Kier alpha value is -1.85. The second kappa shape index (κ2) is 5.90. The van der Waals surface area contributed by atoms with Crippen LogP contribution in [0.4, 0.5) is 5.82 Å². The first-order valence-electron chi connectivity index (χ1n) is 7.80. The Morgan fingerprint density at radius 3 is 3.12 bits per heavy atom. The summed E-state index contributed by atoms with van der Waals surface area (Å²) in [6.45, 7) is 3.33. The second-order valence-corrected chi connectivity index (χ2v) is 5.87. The number of nitrogens with one attached hydrogen (secondary N) is 1. The van der Waals surface area contributed by atoms with Gasteiger partial charge >= 0.3 is 0 Å². The molecule has 10 nitrogen and oxygen atoms in total. The summed E-state index contributed by atoms with van der Waals surface area (Å²) in [4.78, 5) is 18.3. The highest BCUT2D eigenvalue weighted by Gasteiger charge is 2.60. The van der Waals surface area contributed by atoms with Crippen molar-refractivity contribution in [3.05, 3.63) is 12.7 Å². The van der Waals surface area contributed by atoms with Crippen LogP contribution in [0.15, 0.2) is 12.7 Å². The van der Waals surface area contributed by atoms with Crippen LogP contribution < -0.4 is 11.2 Å². The summed E-state index contributed by atoms with van der Waals surface area (Å²) in [5.41, 5.74) is 9.28. The van der Waals surface area contributed by atoms with Gasteiger partial charge in [0.1, 0.15) is 23.5 Å². The number of nitrogens with zero attached hydrogens (tertiary/aromatic N) is 4. The summed E-state index contributed by atoms with van der Waals surface area (Å²) < 4.78 is 19.5. The van der Waals surface area contributed by atoms with Gasteiger partial charge in [0.25, 0.3) is 0 Å². The zero-order valence-electron chi connectivity index (χ0n) is 13.5. The molecule has 130 valence electrons. The zero-order chi connectivity index (χ0) is 16.7. The van der Waals surface area contributed by atoms with E-state index in [2.05, 4.69) is 20.4 Å². The van der Waals surface area contributed by atoms with Crippen LogP contribution in [0.5, 0.6) is 0 Å². The number of fused-ring (bicyclic) bond motifs is 3. The van der Waals surface area contributed by atoms with E-state index >= 15 is 0 Å². The van der Waals surface area contributed by atoms with Crippen LogP contribution in [0.25, 0.3) is 11.2 Å². The number of imidazole rings is 1. The summed E-state index contributed by atoms with van der Waals surface area (Å²) in [6.07, 6.45) is 1.92. The van der Waals surface area contributed by atoms with E-state index in [-0.39, 0.29) is 12.2 Å². The van der Waals surface area contributed by atoms with Crippen LogP contribution in [-0.4, -0.2) is 64.2 Å². The van der Waals surface area contributed by atoms with Crippen molar-refractivity contribution < 1.29 is 19.0 Å². The summed E-state index contributed by atoms with van der Waals surface area (Å²) in [6, 6.07) is 0. The van der Waals surface area contributed by atoms with Gasteiger partial charge in [-0.05, 0) is 6.92 Å². The third-order valence-corrected chi connectivity index (χ3v) is 4.44. The van der Waals surface area contributed by atoms with E-state index in [9.17, 15) is 0 Å². The van der Waals surface area contributed by atoms with Gasteiger partial charge in [-0.25, -0.2) is 15.0 Å². The smallest absolute Gasteiger partial charge is 0.168 e. The number of nitrogen functional groups attached to an aromatic ring is 1. The molecule has 0 radical (unpaired) electrons. The van der Waals surface area contributed by atoms with Crippen LogP contribution >= 0.6 is 0 Å². The van der Waals surface area contributed by atoms with Crippen LogP contribution in [0.1, 0.15) is 13.2 Å². The maximum atomic E-state index is 6.36. The average molecular weight is 336 g/mol. The minimum atomic E-state index is -0.645. The summed E-state index contributed by atoms with van der Waals surface area (Å²) in [5.74, 6) is 0.326. The molecule has 2 aliphatic heterocycles. The summed E-state index contributed by atoms with van der Waals surface area (Å²) in [7, 11) is 1.64. The molecule has 0 aromatic carbocycles. The molecule has 4 atom stereocenters. The number of rotatable bonds is 5. The van der Waals surface area contributed by atoms with Crippen molar-refractivity contribution in [3.63, 3.8) is 0 Å². The molecule has 2 fully saturated rings. The Bertz CT molecular complexity index is 735. The van der Waals surface area contributed by atoms with E-state index in [4.69, 9.17) is 24.8 Å². The maximum Gasteiger partial charge on any atom is 0.168 e. The monoisotopic (exact) mass is 336 g/mol. The third-order valence-electron chi connectivity index (χ3n) is 4.44. The Morgan fingerprint density at radius 1 is 1.46 bits per heavy atom. The van der Waals surface area contributed by atoms with Gasteiger partial charge in [-0.2, -0.15) is 5.48 Å². The lowest BCUT2D eigenvalue weighted by molar-refractivity contribution is -0.181. The molecule has 4 rings (SSSR count). The van der Waals surface area contributed by atoms with E-state index in [0.717, 1.165) is 0 Å². The molecule has 2 aromatic rings. The quantitative estimate of drug-likeness (QED) is 0.753. The number of nitrogens with two attached hydrogens (primary N) is 1. The van der Waals surface area contributed by atoms with Crippen molar-refractivity contribution in [3.8, 4) is 0 Å². The molecule has 10 heteroatoms. The van der Waals surface area contributed by atoms with Gasteiger partial charge in [0.2, 0.25) is 0 Å². The molecule has 0 saturated carbocycles. The molecular weight excluding hydrogens is 316 g/mol. The fourth-order valence-electron chi connectivity index (χ4n) is 3.45. The van der Waals surface area contributed by atoms with E-state index in [1.165, 1.54) is 6.33 Å². The van der Waals surface area contributed by atoms with Crippen LogP contribution in [0.3, 0.4) is 0 Å². The number of hydrogen-bond acceptors (Lipinski definition) is 9. The lowest BCUT2D eigenvalue weighted by atomic mass is 9.94. The molecular formula is C14H20N6O4. The molecule has 24 heavy (non-hydrogen) atoms. The molecule has 0 amide bonds. The van der Waals surface area contributed by atoms with Crippen molar-refractivity contribution in [2.75, 3.05) is 32.6 Å². The first-order chi connectivity index (χ1) is 11.7. The summed E-state index contributed by atoms with van der Waals surface area (Å²) >= 11 is 0. The van der Waals surface area contributed by atoms with Gasteiger partial charge in [0.05, 0.1) is 19.5 Å². The molecule has 4 heterocycles. The first kappa shape index (κ1) is 15.7. The van der Waals surface area contributed by atoms with Gasteiger partial charge in [-0.15, -0.1) is 0 Å². The molecule has 2 aliphatic rings. The third kappa shape index (κ3) is 2.19. The minimum absolute atomic E-state index is 0.273. The Morgan fingerprint density at radius 2 is 2.33 bits per heavy atom. The molecule has 0 spiro atoms. The fourth-order valence-corrected chi connectivity index (χ4v) is 3.45. The van der Waals surface area contributed by atoms with E-state index in [1.54, 1.807) is 18.0 Å². The molecule has 2 bridgehead atoms. The van der Waals surface area contributed by atoms with Crippen molar-refractivity contribution in [2.45, 2.75) is 31.0 Å². The van der Waals surface area contributed by atoms with Gasteiger partial charge in [0.15, 0.2) is 23.8 Å². The van der Waals surface area contributed by atoms with Gasteiger partial charge in [-0.1, -0.05) is 0 Å². The van der Waals surface area contributed by atoms with Crippen molar-refractivity contribution >= 4 is 17.0 Å². The lowest BCUT2D eigenvalue weighted by Gasteiger charge is -2.37. The van der Waals surface area contributed by atoms with Crippen molar-refractivity contribution in [2.24, 2.45) is 0 Å². The Balaban J connectivity index is 1.76. The van der Waals surface area contributed by atoms with Gasteiger partial charge in [0, 0.05) is 13.7 Å². The molecule has 0 aliphatic carbocycles. The summed E-state index contributed by atoms with van der Waals surface area (Å²) in [5, 5.41) is 0. The molecule has 3 N–H and O–H groups in total. The maximum absolute atomic E-state index is 6.36. The highest BCUT2D eigenvalue weighted by molar-refractivity contribution is 5.81. The Kier molecular flexibility index (Phi) is 3.85. The standard InChI is InChI=1S/C14H20N6O4/c1-3-22-10-9-13(23-14(10,5-21-2)4-19-24-9)20-7-18-8-11(15)16-6-17-12(8)20/h6-7,9-10,13,19H,3-5H2,1-2H3,(H2,15,16,17)/t9?,10-,13?,14-/m1/s1. The minimum Gasteiger partial charge on any atom is -0.382 e. The van der Waals surface area contributed by atoms with Crippen LogP contribution in [0, 0.1) is 0 Å². The first-order valence-corrected chi connectivity index (χ1v) is 7.80. The van der Waals surface area contributed by atoms with Crippen molar-refractivity contribution in [1.29, 1.82) is 0 Å². The highest BCUT2D eigenvalue weighted by atomic mass is 16.7. The normalized spacial score (nSPS) is 32.5. The lowest BCUT2D eigenvalue weighted by Crippen LogP contribution is -2.59. The van der Waals surface area contributed by atoms with E-state index < -0.39 is 11.8 Å². The topological polar surface area (TPSA) is 119 Å². The number of aromatic nitrogens is 4. The molecule has 2 saturated heterocycles. The average Bonchev–Trinajstić information content (AvgIpc) is 3.05. The molecule has 2 unspecified atom stereocenters. The fraction of sp³-hybridized carbons (Fsp3) is 0.643. The largest absolute Gasteiger partial charge is 0.382 e. The second-order valence-electron chi connectivity index (χ2n) is 5.87. The van der Waals surface area contributed by atoms with Crippen LogP contribution in [0.2, 0.25) is 0 Å². The number of ether oxygens (including phenoxy) is 3. The molecule has 2 aromatic heterocycles. The predicted molar refractivity (Wildman–Crippen MR) is 82.8 cm³/mol. The van der Waals surface area contributed by atoms with Gasteiger partial charge in [-0.3, -0.25) is 9.40 Å². The van der Waals surface area contributed by atoms with Crippen LogP contribution in [-0.2, 0) is 19.0 Å². The Labute approximate surface area is 138 Å². The number of methoxy groups -OCH3 is 1. The number of hydroxylamine groups is 1. The van der Waals surface area contributed by atoms with E-state index in [0.29, 0.717) is 36.7 Å². The zero-order valence-corrected chi connectivity index (χ0v) is 13.5. The highest BCUT2D eigenvalue weighted by Crippen LogP contribution is 2.43. The predicted octanol–water partition coefficient (Wildman–Crippen LogP) is -0.369. The van der Waals surface area contributed by atoms with E-state index in [1.807, 2.05) is 6.92 Å².